The molecule has 7 nitrogen and oxygen atoms in total. The lowest BCUT2D eigenvalue weighted by Crippen LogP contribution is -2.40. The molecule has 138 valence electrons. The summed E-state index contributed by atoms with van der Waals surface area (Å²) < 4.78 is 27.2. The van der Waals surface area contributed by atoms with Crippen molar-refractivity contribution in [2.24, 2.45) is 5.41 Å². The quantitative estimate of drug-likeness (QED) is 0.795. The molecule has 1 aliphatic rings. The summed E-state index contributed by atoms with van der Waals surface area (Å²) in [5, 5.41) is 11.7. The molecule has 1 saturated heterocycles. The number of rotatable bonds is 6. The number of nitrogens with one attached hydrogen (secondary N) is 1. The average Bonchev–Trinajstić information content (AvgIpc) is 2.60. The lowest BCUT2D eigenvalue weighted by atomic mass is 9.94. The van der Waals surface area contributed by atoms with Gasteiger partial charge in [-0.05, 0) is 38.8 Å². The van der Waals surface area contributed by atoms with E-state index in [1.807, 2.05) is 0 Å². The topological polar surface area (TPSA) is 104 Å². The monoisotopic (exact) mass is 368 g/mol. The average molecular weight is 368 g/mol. The highest BCUT2D eigenvalue weighted by molar-refractivity contribution is 7.89. The van der Waals surface area contributed by atoms with Gasteiger partial charge in [-0.2, -0.15) is 4.31 Å². The second-order valence-corrected chi connectivity index (χ2v) is 8.74. The minimum Gasteiger partial charge on any atom is -0.481 e. The SMILES string of the molecule is CC(C)(CNC(=O)c1ccccc1S(=O)(=O)N1CCCCC1)C(=O)O. The molecule has 1 aromatic carbocycles. The van der Waals surface area contributed by atoms with Crippen molar-refractivity contribution in [3.05, 3.63) is 29.8 Å². The maximum Gasteiger partial charge on any atom is 0.310 e. The lowest BCUT2D eigenvalue weighted by molar-refractivity contribution is -0.146. The Hall–Kier alpha value is -1.93. The second kappa shape index (κ2) is 7.53. The highest BCUT2D eigenvalue weighted by Crippen LogP contribution is 2.24. The third kappa shape index (κ3) is 4.38. The third-order valence-corrected chi connectivity index (χ3v) is 6.29. The first kappa shape index (κ1) is 19.4. The number of carboxylic acids is 1. The first-order chi connectivity index (χ1) is 11.7. The van der Waals surface area contributed by atoms with Gasteiger partial charge >= 0.3 is 5.97 Å². The summed E-state index contributed by atoms with van der Waals surface area (Å²) in [7, 11) is -3.75. The number of carbonyl (C=O) groups is 2. The summed E-state index contributed by atoms with van der Waals surface area (Å²) in [6, 6.07) is 6.03. The van der Waals surface area contributed by atoms with Gasteiger partial charge in [0, 0.05) is 19.6 Å². The highest BCUT2D eigenvalue weighted by Gasteiger charge is 2.31. The molecule has 25 heavy (non-hydrogen) atoms. The number of aliphatic carboxylic acids is 1. The van der Waals surface area contributed by atoms with Crippen LogP contribution in [0.2, 0.25) is 0 Å². The Kier molecular flexibility index (Phi) is 5.84. The van der Waals surface area contributed by atoms with E-state index in [0.29, 0.717) is 13.1 Å². The van der Waals surface area contributed by atoms with E-state index in [4.69, 9.17) is 5.11 Å². The van der Waals surface area contributed by atoms with Crippen molar-refractivity contribution in [3.63, 3.8) is 0 Å². The molecule has 2 rings (SSSR count). The molecular formula is C17H24N2O5S. The van der Waals surface area contributed by atoms with Gasteiger partial charge in [0.25, 0.3) is 5.91 Å². The maximum atomic E-state index is 12.9. The first-order valence-corrected chi connectivity index (χ1v) is 9.71. The number of benzene rings is 1. The van der Waals surface area contributed by atoms with Crippen LogP contribution < -0.4 is 5.32 Å². The van der Waals surface area contributed by atoms with Gasteiger partial charge in [-0.15, -0.1) is 0 Å². The predicted molar refractivity (Wildman–Crippen MR) is 92.8 cm³/mol. The van der Waals surface area contributed by atoms with Gasteiger partial charge in [0.1, 0.15) is 0 Å². The van der Waals surface area contributed by atoms with Crippen molar-refractivity contribution >= 4 is 21.9 Å². The van der Waals surface area contributed by atoms with Gasteiger partial charge in [-0.25, -0.2) is 8.42 Å². The zero-order chi connectivity index (χ0) is 18.7. The van der Waals surface area contributed by atoms with Crippen LogP contribution in [0.4, 0.5) is 0 Å². The number of sulfonamides is 1. The van der Waals surface area contributed by atoms with Crippen LogP contribution >= 0.6 is 0 Å². The van der Waals surface area contributed by atoms with Crippen LogP contribution in [0.1, 0.15) is 43.5 Å². The molecule has 0 saturated carbocycles. The molecule has 1 aromatic rings. The zero-order valence-corrected chi connectivity index (χ0v) is 15.3. The summed E-state index contributed by atoms with van der Waals surface area (Å²) >= 11 is 0. The third-order valence-electron chi connectivity index (χ3n) is 4.33. The molecule has 0 aliphatic carbocycles. The van der Waals surface area contributed by atoms with Crippen molar-refractivity contribution in [3.8, 4) is 0 Å². The van der Waals surface area contributed by atoms with Crippen molar-refractivity contribution in [2.45, 2.75) is 38.0 Å². The predicted octanol–water partition coefficient (Wildman–Crippen LogP) is 1.70. The molecule has 0 unspecified atom stereocenters. The van der Waals surface area contributed by atoms with Gasteiger partial charge in [-0.3, -0.25) is 9.59 Å². The molecule has 1 aliphatic heterocycles. The highest BCUT2D eigenvalue weighted by atomic mass is 32.2. The molecule has 2 N–H and O–H groups in total. The van der Waals surface area contributed by atoms with Crippen molar-refractivity contribution in [1.29, 1.82) is 0 Å². The Balaban J connectivity index is 2.25. The van der Waals surface area contributed by atoms with Gasteiger partial charge in [0.05, 0.1) is 15.9 Å². The summed E-state index contributed by atoms with van der Waals surface area (Å²) in [6.45, 7) is 3.78. The van der Waals surface area contributed by atoms with E-state index >= 15 is 0 Å². The Morgan fingerprint density at radius 1 is 1.16 bits per heavy atom. The molecule has 0 radical (unpaired) electrons. The van der Waals surface area contributed by atoms with Crippen molar-refractivity contribution in [2.75, 3.05) is 19.6 Å². The fourth-order valence-corrected chi connectivity index (χ4v) is 4.30. The van der Waals surface area contributed by atoms with E-state index in [-0.39, 0.29) is 17.0 Å². The fraction of sp³-hybridized carbons (Fsp3) is 0.529. The van der Waals surface area contributed by atoms with E-state index in [9.17, 15) is 18.0 Å². The number of piperidine rings is 1. The molecule has 1 fully saturated rings. The Bertz CT molecular complexity index is 752. The van der Waals surface area contributed by atoms with Gasteiger partial charge in [0.2, 0.25) is 10.0 Å². The van der Waals surface area contributed by atoms with E-state index in [1.54, 1.807) is 12.1 Å². The van der Waals surface area contributed by atoms with Crippen molar-refractivity contribution in [1.82, 2.24) is 9.62 Å². The number of amides is 1. The van der Waals surface area contributed by atoms with Crippen LogP contribution in [-0.2, 0) is 14.8 Å². The van der Waals surface area contributed by atoms with Gasteiger partial charge in [0.15, 0.2) is 0 Å². The zero-order valence-electron chi connectivity index (χ0n) is 14.5. The van der Waals surface area contributed by atoms with E-state index in [2.05, 4.69) is 5.32 Å². The van der Waals surface area contributed by atoms with E-state index in [0.717, 1.165) is 19.3 Å². The Morgan fingerprint density at radius 3 is 2.36 bits per heavy atom. The van der Waals surface area contributed by atoms with Gasteiger partial charge < -0.3 is 10.4 Å². The molecule has 0 atom stereocenters. The van der Waals surface area contributed by atoms with E-state index in [1.165, 1.54) is 30.3 Å². The molecule has 1 amide bonds. The normalized spacial score (nSPS) is 16.4. The molecule has 8 heteroatoms. The number of carboxylic acid groups (broad SMARTS) is 1. The molecule has 1 heterocycles. The van der Waals surface area contributed by atoms with Gasteiger partial charge in [-0.1, -0.05) is 18.6 Å². The van der Waals surface area contributed by atoms with E-state index < -0.39 is 27.3 Å². The summed E-state index contributed by atoms with van der Waals surface area (Å²) in [6.07, 6.45) is 2.61. The standard InChI is InChI=1S/C17H24N2O5S/c1-17(2,16(21)22)12-18-15(20)13-8-4-5-9-14(13)25(23,24)19-10-6-3-7-11-19/h4-5,8-9H,3,6-7,10-12H2,1-2H3,(H,18,20)(H,21,22). The van der Waals surface area contributed by atoms with Crippen LogP contribution in [-0.4, -0.2) is 49.3 Å². The molecule has 0 bridgehead atoms. The largest absolute Gasteiger partial charge is 0.481 e. The lowest BCUT2D eigenvalue weighted by Gasteiger charge is -2.27. The first-order valence-electron chi connectivity index (χ1n) is 8.27. The Morgan fingerprint density at radius 2 is 1.76 bits per heavy atom. The minimum atomic E-state index is -3.75. The van der Waals surface area contributed by atoms with Crippen LogP contribution in [0.25, 0.3) is 0 Å². The maximum absolute atomic E-state index is 12.9. The number of nitrogens with zero attached hydrogens (tertiary/aromatic N) is 1. The fourth-order valence-electron chi connectivity index (χ4n) is 2.60. The minimum absolute atomic E-state index is 0.0364. The van der Waals surface area contributed by atoms with Crippen LogP contribution in [0.15, 0.2) is 29.2 Å². The van der Waals surface area contributed by atoms with Crippen molar-refractivity contribution < 1.29 is 23.1 Å². The van der Waals surface area contributed by atoms with Crippen LogP contribution in [0.5, 0.6) is 0 Å². The smallest absolute Gasteiger partial charge is 0.310 e. The molecule has 0 spiro atoms. The second-order valence-electron chi connectivity index (χ2n) is 6.83. The molecule has 0 aromatic heterocycles. The number of hydrogen-bond acceptors (Lipinski definition) is 4. The van der Waals surface area contributed by atoms with Crippen LogP contribution in [0.3, 0.4) is 0 Å². The number of carbonyl (C=O) groups excluding carboxylic acids is 1. The van der Waals surface area contributed by atoms with Crippen LogP contribution in [0, 0.1) is 5.41 Å². The summed E-state index contributed by atoms with van der Waals surface area (Å²) in [5.41, 5.74) is -1.11. The number of hydrogen-bond donors (Lipinski definition) is 2. The molecular weight excluding hydrogens is 344 g/mol. The Labute approximate surface area is 148 Å². The summed E-state index contributed by atoms with van der Waals surface area (Å²) in [5.74, 6) is -1.63. The summed E-state index contributed by atoms with van der Waals surface area (Å²) in [4.78, 5) is 23.6.